The van der Waals surface area contributed by atoms with Gasteiger partial charge in [0.2, 0.25) is 0 Å². The van der Waals surface area contributed by atoms with Gasteiger partial charge in [-0.1, -0.05) is 11.8 Å². The van der Waals surface area contributed by atoms with Crippen LogP contribution in [0.25, 0.3) is 0 Å². The van der Waals surface area contributed by atoms with Crippen molar-refractivity contribution in [1.82, 2.24) is 4.90 Å². The number of nitrogens with zero attached hydrogens (tertiary/aromatic N) is 1. The van der Waals surface area contributed by atoms with Crippen LogP contribution in [-0.2, 0) is 6.54 Å². The number of anilines is 1. The van der Waals surface area contributed by atoms with Crippen LogP contribution in [0.4, 0.5) is 5.69 Å². The summed E-state index contributed by atoms with van der Waals surface area (Å²) in [6, 6.07) is 12.3. The summed E-state index contributed by atoms with van der Waals surface area (Å²) in [4.78, 5) is 4.44. The smallest absolute Gasteiger partial charge is 0.119 e. The van der Waals surface area contributed by atoms with Crippen molar-refractivity contribution < 1.29 is 4.74 Å². The van der Waals surface area contributed by atoms with Gasteiger partial charge in [0.1, 0.15) is 5.75 Å². The van der Waals surface area contributed by atoms with Gasteiger partial charge < -0.3 is 15.4 Å². The topological polar surface area (TPSA) is 38.5 Å². The fraction of sp³-hybridized carbons (Fsp3) is 0.250. The van der Waals surface area contributed by atoms with E-state index in [4.69, 9.17) is 10.5 Å². The van der Waals surface area contributed by atoms with E-state index >= 15 is 0 Å². The standard InChI is InChI=1S/C16H19IN2OS/c1-19(2)10-11-8-13(20-3)5-7-15(11)21-16-6-4-12(17)9-14(16)18/h4-9H,10,18H2,1-3H3. The molecular weight excluding hydrogens is 395 g/mol. The van der Waals surface area contributed by atoms with Crippen molar-refractivity contribution in [2.45, 2.75) is 16.3 Å². The molecule has 0 heterocycles. The van der Waals surface area contributed by atoms with Crippen molar-refractivity contribution >= 4 is 40.0 Å². The van der Waals surface area contributed by atoms with Crippen LogP contribution in [0.15, 0.2) is 46.2 Å². The van der Waals surface area contributed by atoms with E-state index in [1.54, 1.807) is 18.9 Å². The number of hydrogen-bond donors (Lipinski definition) is 1. The highest BCUT2D eigenvalue weighted by Crippen LogP contribution is 2.36. The third-order valence-corrected chi connectivity index (χ3v) is 4.83. The number of methoxy groups -OCH3 is 1. The van der Waals surface area contributed by atoms with Crippen LogP contribution in [0.2, 0.25) is 0 Å². The third-order valence-electron chi connectivity index (χ3n) is 2.95. The minimum Gasteiger partial charge on any atom is -0.497 e. The lowest BCUT2D eigenvalue weighted by Crippen LogP contribution is -2.11. The second kappa shape index (κ2) is 7.38. The van der Waals surface area contributed by atoms with Gasteiger partial charge in [-0.05, 0) is 78.6 Å². The Kier molecular flexibility index (Phi) is 5.78. The molecule has 2 rings (SSSR count). The second-order valence-electron chi connectivity index (χ2n) is 5.00. The monoisotopic (exact) mass is 414 g/mol. The van der Waals surface area contributed by atoms with Gasteiger partial charge in [-0.3, -0.25) is 0 Å². The maximum Gasteiger partial charge on any atom is 0.119 e. The molecule has 0 atom stereocenters. The number of rotatable bonds is 5. The van der Waals surface area contributed by atoms with Crippen molar-refractivity contribution in [3.8, 4) is 5.75 Å². The summed E-state index contributed by atoms with van der Waals surface area (Å²) in [5.74, 6) is 0.881. The predicted octanol–water partition coefficient (Wildman–Crippen LogP) is 4.09. The molecule has 0 saturated heterocycles. The van der Waals surface area contributed by atoms with Crippen molar-refractivity contribution in [2.24, 2.45) is 0 Å². The molecule has 2 aromatic rings. The normalized spacial score (nSPS) is 10.9. The van der Waals surface area contributed by atoms with Crippen molar-refractivity contribution in [2.75, 3.05) is 26.9 Å². The Morgan fingerprint density at radius 1 is 1.14 bits per heavy atom. The Hall–Kier alpha value is -0.920. The molecule has 5 heteroatoms. The average molecular weight is 414 g/mol. The lowest BCUT2D eigenvalue weighted by atomic mass is 10.2. The van der Waals surface area contributed by atoms with E-state index < -0.39 is 0 Å². The molecule has 0 amide bonds. The van der Waals surface area contributed by atoms with E-state index in [-0.39, 0.29) is 0 Å². The fourth-order valence-electron chi connectivity index (χ4n) is 1.98. The van der Waals surface area contributed by atoms with Gasteiger partial charge in [0.05, 0.1) is 7.11 Å². The van der Waals surface area contributed by atoms with E-state index in [0.717, 1.165) is 26.4 Å². The summed E-state index contributed by atoms with van der Waals surface area (Å²) in [5.41, 5.74) is 8.17. The van der Waals surface area contributed by atoms with Crippen molar-refractivity contribution in [1.29, 1.82) is 0 Å². The summed E-state index contributed by atoms with van der Waals surface area (Å²) < 4.78 is 6.48. The largest absolute Gasteiger partial charge is 0.497 e. The molecule has 0 radical (unpaired) electrons. The van der Waals surface area contributed by atoms with Gasteiger partial charge in [-0.15, -0.1) is 0 Å². The summed E-state index contributed by atoms with van der Waals surface area (Å²) in [6.07, 6.45) is 0. The molecule has 0 aromatic heterocycles. The summed E-state index contributed by atoms with van der Waals surface area (Å²) in [6.45, 7) is 0.865. The molecule has 3 nitrogen and oxygen atoms in total. The van der Waals surface area contributed by atoms with Gasteiger partial charge in [0.25, 0.3) is 0 Å². The van der Waals surface area contributed by atoms with Crippen LogP contribution in [-0.4, -0.2) is 26.1 Å². The number of ether oxygens (including phenoxy) is 1. The molecule has 21 heavy (non-hydrogen) atoms. The van der Waals surface area contributed by atoms with E-state index in [1.807, 2.05) is 12.1 Å². The number of nitrogen functional groups attached to an aromatic ring is 1. The van der Waals surface area contributed by atoms with Crippen LogP contribution >= 0.6 is 34.4 Å². The summed E-state index contributed by atoms with van der Waals surface area (Å²) in [5, 5.41) is 0. The fourth-order valence-corrected chi connectivity index (χ4v) is 3.43. The van der Waals surface area contributed by atoms with Crippen LogP contribution in [0.1, 0.15) is 5.56 Å². The number of nitrogens with two attached hydrogens (primary N) is 1. The number of benzene rings is 2. The van der Waals surface area contributed by atoms with E-state index in [9.17, 15) is 0 Å². The SMILES string of the molecule is COc1ccc(Sc2ccc(I)cc2N)c(CN(C)C)c1. The molecule has 0 saturated carbocycles. The molecule has 0 spiro atoms. The van der Waals surface area contributed by atoms with Crippen molar-refractivity contribution in [3.05, 3.63) is 45.5 Å². The molecule has 2 N–H and O–H groups in total. The van der Waals surface area contributed by atoms with Crippen LogP contribution in [0.3, 0.4) is 0 Å². The van der Waals surface area contributed by atoms with Crippen LogP contribution < -0.4 is 10.5 Å². The zero-order valence-electron chi connectivity index (χ0n) is 12.4. The van der Waals surface area contributed by atoms with Gasteiger partial charge >= 0.3 is 0 Å². The van der Waals surface area contributed by atoms with Gasteiger partial charge in [0.15, 0.2) is 0 Å². The Morgan fingerprint density at radius 2 is 1.86 bits per heavy atom. The van der Waals surface area contributed by atoms with Crippen LogP contribution in [0, 0.1) is 3.57 Å². The highest BCUT2D eigenvalue weighted by molar-refractivity contribution is 14.1. The molecule has 0 aliphatic heterocycles. The van der Waals surface area contributed by atoms with Crippen LogP contribution in [0.5, 0.6) is 5.75 Å². The van der Waals surface area contributed by atoms with Gasteiger partial charge in [-0.2, -0.15) is 0 Å². The van der Waals surface area contributed by atoms with Gasteiger partial charge in [0, 0.05) is 25.6 Å². The molecular formula is C16H19IN2OS. The molecule has 0 aliphatic carbocycles. The molecule has 2 aromatic carbocycles. The van der Waals surface area contributed by atoms with E-state index in [1.165, 1.54) is 10.5 Å². The van der Waals surface area contributed by atoms with E-state index in [2.05, 4.69) is 65.9 Å². The molecule has 0 bridgehead atoms. The third kappa shape index (κ3) is 4.52. The second-order valence-corrected chi connectivity index (χ2v) is 7.33. The molecule has 112 valence electrons. The number of halogens is 1. The lowest BCUT2D eigenvalue weighted by Gasteiger charge is -2.16. The summed E-state index contributed by atoms with van der Waals surface area (Å²) >= 11 is 3.97. The number of hydrogen-bond acceptors (Lipinski definition) is 4. The minimum absolute atomic E-state index is 0.818. The Balaban J connectivity index is 2.33. The first-order valence-corrected chi connectivity index (χ1v) is 8.43. The summed E-state index contributed by atoms with van der Waals surface area (Å²) in [7, 11) is 5.82. The highest BCUT2D eigenvalue weighted by atomic mass is 127. The van der Waals surface area contributed by atoms with Gasteiger partial charge in [-0.25, -0.2) is 0 Å². The predicted molar refractivity (Wildman–Crippen MR) is 98.1 cm³/mol. The first-order valence-electron chi connectivity index (χ1n) is 6.54. The first kappa shape index (κ1) is 16.5. The maximum atomic E-state index is 6.12. The average Bonchev–Trinajstić information content (AvgIpc) is 2.43. The van der Waals surface area contributed by atoms with E-state index in [0.29, 0.717) is 0 Å². The lowest BCUT2D eigenvalue weighted by molar-refractivity contribution is 0.392. The highest BCUT2D eigenvalue weighted by Gasteiger charge is 2.09. The van der Waals surface area contributed by atoms with Crippen molar-refractivity contribution in [3.63, 3.8) is 0 Å². The zero-order chi connectivity index (χ0) is 15.4. The zero-order valence-corrected chi connectivity index (χ0v) is 15.4. The Labute approximate surface area is 144 Å². The maximum absolute atomic E-state index is 6.12. The first-order chi connectivity index (χ1) is 9.99. The Bertz CT molecular complexity index is 632. The molecule has 0 aliphatic rings. The molecule has 0 fully saturated rings. The Morgan fingerprint density at radius 3 is 2.48 bits per heavy atom. The minimum atomic E-state index is 0.818. The molecule has 0 unspecified atom stereocenters. The quantitative estimate of drug-likeness (QED) is 0.591.